The molecule has 1 aromatic carbocycles. The third-order valence-corrected chi connectivity index (χ3v) is 7.78. The van der Waals surface area contributed by atoms with Crippen molar-refractivity contribution in [3.63, 3.8) is 0 Å². The van der Waals surface area contributed by atoms with Gasteiger partial charge in [0.05, 0.1) is 5.39 Å². The third kappa shape index (κ3) is 3.87. The van der Waals surface area contributed by atoms with E-state index in [1.807, 2.05) is 16.2 Å². The van der Waals surface area contributed by atoms with Gasteiger partial charge in [-0.05, 0) is 55.0 Å². The number of hydrogen-bond acceptors (Lipinski definition) is 5. The summed E-state index contributed by atoms with van der Waals surface area (Å²) in [5.41, 5.74) is 1.98. The first-order valence-electron chi connectivity index (χ1n) is 11.5. The maximum absolute atomic E-state index is 13.2. The van der Waals surface area contributed by atoms with Crippen molar-refractivity contribution in [1.29, 1.82) is 0 Å². The van der Waals surface area contributed by atoms with Crippen LogP contribution in [0.5, 0.6) is 0 Å². The van der Waals surface area contributed by atoms with Gasteiger partial charge in [-0.25, -0.2) is 14.4 Å². The van der Waals surface area contributed by atoms with E-state index < -0.39 is 0 Å². The lowest BCUT2D eigenvalue weighted by Crippen LogP contribution is -2.49. The maximum atomic E-state index is 13.2. The summed E-state index contributed by atoms with van der Waals surface area (Å²) in [7, 11) is 0. The number of halogens is 1. The van der Waals surface area contributed by atoms with Crippen LogP contribution in [0.1, 0.15) is 59.7 Å². The van der Waals surface area contributed by atoms with Crippen LogP contribution in [0.15, 0.2) is 24.3 Å². The second kappa shape index (κ2) is 8.43. The molecule has 1 saturated heterocycles. The molecule has 2 aromatic heterocycles. The summed E-state index contributed by atoms with van der Waals surface area (Å²) < 4.78 is 13.2. The van der Waals surface area contributed by atoms with E-state index >= 15 is 0 Å². The number of aromatic nitrogens is 2. The quantitative estimate of drug-likeness (QED) is 0.559. The van der Waals surface area contributed by atoms with E-state index in [4.69, 9.17) is 9.97 Å². The monoisotopic (exact) mass is 452 g/mol. The summed E-state index contributed by atoms with van der Waals surface area (Å²) in [4.78, 5) is 29.6. The Labute approximate surface area is 192 Å². The molecule has 1 aliphatic carbocycles. The topological polar surface area (TPSA) is 49.3 Å². The van der Waals surface area contributed by atoms with E-state index in [0.29, 0.717) is 18.7 Å². The fourth-order valence-corrected chi connectivity index (χ4v) is 6.11. The average molecular weight is 453 g/mol. The zero-order chi connectivity index (χ0) is 22.4. The Kier molecular flexibility index (Phi) is 5.61. The van der Waals surface area contributed by atoms with Gasteiger partial charge in [0.2, 0.25) is 0 Å². The number of nitrogens with zero attached hydrogens (tertiary/aromatic N) is 4. The standard InChI is InChI=1S/C25H29FN4OS/c1-15(2)22-27-23(21-19-9-4-16(3)14-20(19)32-24(21)28-22)29-10-12-30(13-11-29)25(31)17-5-7-18(26)8-6-17/h5-8,15-16H,4,9-14H2,1-3H3. The molecule has 5 nitrogen and oxygen atoms in total. The van der Waals surface area contributed by atoms with E-state index in [0.717, 1.165) is 48.3 Å². The van der Waals surface area contributed by atoms with Crippen LogP contribution >= 0.6 is 11.3 Å². The van der Waals surface area contributed by atoms with E-state index in [1.54, 1.807) is 12.1 Å². The van der Waals surface area contributed by atoms with Crippen molar-refractivity contribution >= 4 is 33.3 Å². The van der Waals surface area contributed by atoms with Crippen molar-refractivity contribution in [2.24, 2.45) is 5.92 Å². The molecule has 3 aromatic rings. The van der Waals surface area contributed by atoms with E-state index in [2.05, 4.69) is 25.7 Å². The van der Waals surface area contributed by atoms with Crippen LogP contribution in [0.4, 0.5) is 10.2 Å². The lowest BCUT2D eigenvalue weighted by Gasteiger charge is -2.36. The van der Waals surface area contributed by atoms with Crippen LogP contribution in [0.3, 0.4) is 0 Å². The van der Waals surface area contributed by atoms with Gasteiger partial charge in [0.1, 0.15) is 22.3 Å². The van der Waals surface area contributed by atoms with Gasteiger partial charge in [0.25, 0.3) is 5.91 Å². The molecule has 2 aliphatic rings. The molecule has 0 radical (unpaired) electrons. The number of thiophene rings is 1. The highest BCUT2D eigenvalue weighted by molar-refractivity contribution is 7.19. The van der Waals surface area contributed by atoms with E-state index in [-0.39, 0.29) is 17.6 Å². The van der Waals surface area contributed by atoms with Crippen molar-refractivity contribution in [2.75, 3.05) is 31.1 Å². The molecular weight excluding hydrogens is 423 g/mol. The molecule has 1 fully saturated rings. The zero-order valence-electron chi connectivity index (χ0n) is 18.9. The number of carbonyl (C=O) groups excluding carboxylic acids is 1. The first-order chi connectivity index (χ1) is 15.4. The Morgan fingerprint density at radius 2 is 1.84 bits per heavy atom. The highest BCUT2D eigenvalue weighted by Gasteiger charge is 2.29. The number of fused-ring (bicyclic) bond motifs is 3. The minimum absolute atomic E-state index is 0.0396. The van der Waals surface area contributed by atoms with Crippen LogP contribution in [0.2, 0.25) is 0 Å². The van der Waals surface area contributed by atoms with Crippen LogP contribution in [-0.4, -0.2) is 47.0 Å². The van der Waals surface area contributed by atoms with Crippen LogP contribution in [-0.2, 0) is 12.8 Å². The van der Waals surface area contributed by atoms with E-state index in [1.165, 1.54) is 34.4 Å². The van der Waals surface area contributed by atoms with Gasteiger partial charge in [0.15, 0.2) is 0 Å². The molecule has 168 valence electrons. The predicted molar refractivity (Wildman–Crippen MR) is 127 cm³/mol. The number of anilines is 1. The Morgan fingerprint density at radius 1 is 1.12 bits per heavy atom. The van der Waals surface area contributed by atoms with Gasteiger partial charge in [-0.3, -0.25) is 4.79 Å². The average Bonchev–Trinajstić information content (AvgIpc) is 3.16. The number of carbonyl (C=O) groups is 1. The molecule has 32 heavy (non-hydrogen) atoms. The first-order valence-corrected chi connectivity index (χ1v) is 12.3. The largest absolute Gasteiger partial charge is 0.352 e. The molecule has 0 N–H and O–H groups in total. The van der Waals surface area contributed by atoms with E-state index in [9.17, 15) is 9.18 Å². The Hall–Kier alpha value is -2.54. The van der Waals surface area contributed by atoms with Crippen LogP contribution in [0, 0.1) is 11.7 Å². The molecule has 1 unspecified atom stereocenters. The van der Waals surface area contributed by atoms with Crippen molar-refractivity contribution < 1.29 is 9.18 Å². The van der Waals surface area contributed by atoms with Gasteiger partial charge >= 0.3 is 0 Å². The van der Waals surface area contributed by atoms with Crippen molar-refractivity contribution in [2.45, 2.75) is 46.0 Å². The Morgan fingerprint density at radius 3 is 2.53 bits per heavy atom. The summed E-state index contributed by atoms with van der Waals surface area (Å²) in [6.45, 7) is 9.33. The molecule has 0 saturated carbocycles. The number of aryl methyl sites for hydroxylation is 1. The van der Waals surface area contributed by atoms with Crippen LogP contribution in [0.25, 0.3) is 10.2 Å². The van der Waals surface area contributed by atoms with Crippen molar-refractivity contribution in [3.05, 3.63) is 51.9 Å². The first kappa shape index (κ1) is 21.3. The summed E-state index contributed by atoms with van der Waals surface area (Å²) >= 11 is 1.84. The number of benzene rings is 1. The normalized spacial score (nSPS) is 19.0. The smallest absolute Gasteiger partial charge is 0.253 e. The minimum Gasteiger partial charge on any atom is -0.352 e. The summed E-state index contributed by atoms with van der Waals surface area (Å²) in [5.74, 6) is 2.55. The highest BCUT2D eigenvalue weighted by atomic mass is 32.1. The van der Waals surface area contributed by atoms with Crippen molar-refractivity contribution in [1.82, 2.24) is 14.9 Å². The molecule has 0 bridgehead atoms. The molecule has 1 aliphatic heterocycles. The second-order valence-electron chi connectivity index (χ2n) is 9.38. The number of hydrogen-bond donors (Lipinski definition) is 0. The summed E-state index contributed by atoms with van der Waals surface area (Å²) in [6.07, 6.45) is 3.44. The van der Waals surface area contributed by atoms with Gasteiger partial charge in [0, 0.05) is 42.5 Å². The minimum atomic E-state index is -0.325. The fourth-order valence-electron chi connectivity index (χ4n) is 4.72. The summed E-state index contributed by atoms with van der Waals surface area (Å²) in [5, 5.41) is 1.24. The van der Waals surface area contributed by atoms with Gasteiger partial charge in [-0.1, -0.05) is 20.8 Å². The fraction of sp³-hybridized carbons (Fsp3) is 0.480. The molecule has 1 atom stereocenters. The molecule has 7 heteroatoms. The van der Waals surface area contributed by atoms with Gasteiger partial charge in [-0.15, -0.1) is 11.3 Å². The second-order valence-corrected chi connectivity index (χ2v) is 10.5. The highest BCUT2D eigenvalue weighted by Crippen LogP contribution is 2.41. The molecular formula is C25H29FN4OS. The molecule has 3 heterocycles. The Bertz CT molecular complexity index is 1150. The lowest BCUT2D eigenvalue weighted by molar-refractivity contribution is 0.0746. The van der Waals surface area contributed by atoms with Crippen molar-refractivity contribution in [3.8, 4) is 0 Å². The SMILES string of the molecule is CC1CCc2c(sc3nc(C(C)C)nc(N4CCN(C(=O)c5ccc(F)cc5)CC4)c23)C1. The lowest BCUT2D eigenvalue weighted by atomic mass is 9.89. The predicted octanol–water partition coefficient (Wildman–Crippen LogP) is 5.04. The molecule has 1 amide bonds. The van der Waals surface area contributed by atoms with Crippen LogP contribution < -0.4 is 4.90 Å². The zero-order valence-corrected chi connectivity index (χ0v) is 19.7. The van der Waals surface area contributed by atoms with Gasteiger partial charge in [-0.2, -0.15) is 0 Å². The Balaban J connectivity index is 1.43. The number of rotatable bonds is 3. The maximum Gasteiger partial charge on any atom is 0.253 e. The van der Waals surface area contributed by atoms with Gasteiger partial charge < -0.3 is 9.80 Å². The summed E-state index contributed by atoms with van der Waals surface area (Å²) in [6, 6.07) is 5.81. The third-order valence-electron chi connectivity index (χ3n) is 6.63. The number of piperazine rings is 1. The number of amides is 1. The molecule has 0 spiro atoms. The molecule has 5 rings (SSSR count).